The Morgan fingerprint density at radius 3 is 2.70 bits per heavy atom. The third kappa shape index (κ3) is 4.46. The fourth-order valence-electron chi connectivity index (χ4n) is 3.20. The van der Waals surface area contributed by atoms with Crippen LogP contribution in [0.25, 0.3) is 0 Å². The normalized spacial score (nSPS) is 19.2. The molecule has 2 aromatic rings. The first kappa shape index (κ1) is 19.3. The second-order valence-electron chi connectivity index (χ2n) is 6.97. The van der Waals surface area contributed by atoms with Crippen LogP contribution in [-0.2, 0) is 17.8 Å². The summed E-state index contributed by atoms with van der Waals surface area (Å²) in [5, 5.41) is 0. The monoisotopic (exact) mass is 371 g/mol. The van der Waals surface area contributed by atoms with Crippen molar-refractivity contribution in [1.82, 2.24) is 0 Å². The minimum atomic E-state index is -0.408. The lowest BCUT2D eigenvalue weighted by atomic mass is 9.81. The molecule has 1 aliphatic heterocycles. The van der Waals surface area contributed by atoms with Crippen LogP contribution in [0.3, 0.4) is 0 Å². The molecular formula is C21H25NO5. The van der Waals surface area contributed by atoms with Gasteiger partial charge < -0.3 is 19.6 Å². The molecule has 6 nitrogen and oxygen atoms in total. The number of carbonyl (C=O) groups excluding carboxylic acids is 1. The summed E-state index contributed by atoms with van der Waals surface area (Å²) < 4.78 is 16.9. The molecule has 0 radical (unpaired) electrons. The van der Waals surface area contributed by atoms with Crippen molar-refractivity contribution in [2.24, 2.45) is 11.1 Å². The number of carbonyl (C=O) groups is 1. The maximum Gasteiger partial charge on any atom is 0.227 e. The number of ether oxygens (including phenoxy) is 2. The zero-order chi connectivity index (χ0) is 19.3. The van der Waals surface area contributed by atoms with E-state index < -0.39 is 5.41 Å². The Kier molecular flexibility index (Phi) is 6.08. The number of Topliss-reactive ketones (excluding diaryl/α,β-unsaturated/α-hetero) is 1. The Balaban J connectivity index is 1.88. The average Bonchev–Trinajstić information content (AvgIpc) is 3.16. The first-order valence-corrected chi connectivity index (χ1v) is 9.21. The fraction of sp³-hybridized carbons (Fsp3) is 0.429. The first-order chi connectivity index (χ1) is 13.1. The van der Waals surface area contributed by atoms with Crippen LogP contribution in [0, 0.1) is 5.41 Å². The number of rotatable bonds is 8. The number of hydrogen-bond acceptors (Lipinski definition) is 6. The van der Waals surface area contributed by atoms with E-state index in [-0.39, 0.29) is 35.7 Å². The van der Waals surface area contributed by atoms with Crippen molar-refractivity contribution in [2.75, 3.05) is 19.8 Å². The second-order valence-corrected chi connectivity index (χ2v) is 6.97. The highest BCUT2D eigenvalue weighted by atomic mass is 16.5. The van der Waals surface area contributed by atoms with Crippen LogP contribution in [-0.4, -0.2) is 25.5 Å². The number of benzene rings is 1. The van der Waals surface area contributed by atoms with E-state index >= 15 is 0 Å². The third-order valence-electron chi connectivity index (χ3n) is 4.94. The van der Waals surface area contributed by atoms with Gasteiger partial charge in [0.25, 0.3) is 0 Å². The molecule has 3 rings (SSSR count). The largest absolute Gasteiger partial charge is 0.481 e. The van der Waals surface area contributed by atoms with Crippen molar-refractivity contribution in [3.05, 3.63) is 63.7 Å². The maximum atomic E-state index is 13.0. The highest BCUT2D eigenvalue weighted by molar-refractivity contribution is 5.96. The zero-order valence-corrected chi connectivity index (χ0v) is 15.5. The van der Waals surface area contributed by atoms with E-state index in [1.54, 1.807) is 0 Å². The van der Waals surface area contributed by atoms with E-state index in [1.165, 1.54) is 6.07 Å². The minimum Gasteiger partial charge on any atom is -0.481 e. The molecule has 1 unspecified atom stereocenters. The van der Waals surface area contributed by atoms with Crippen LogP contribution in [0.15, 0.2) is 45.6 Å². The number of nitrogens with two attached hydrogens (primary N) is 1. The SMILES string of the molecule is CCc1cc(=O)c(OCc2ccccc2)c(C(=O)CC2(CN)CCOC2)o1. The molecule has 1 fully saturated rings. The molecule has 0 spiro atoms. The quantitative estimate of drug-likeness (QED) is 0.718. The molecule has 27 heavy (non-hydrogen) atoms. The molecule has 6 heteroatoms. The molecule has 0 amide bonds. The van der Waals surface area contributed by atoms with Crippen molar-refractivity contribution in [2.45, 2.75) is 32.8 Å². The zero-order valence-electron chi connectivity index (χ0n) is 15.5. The first-order valence-electron chi connectivity index (χ1n) is 9.21. The summed E-state index contributed by atoms with van der Waals surface area (Å²) in [5.74, 6) is 0.128. The van der Waals surface area contributed by atoms with Crippen LogP contribution < -0.4 is 15.9 Å². The van der Waals surface area contributed by atoms with Crippen LogP contribution in [0.2, 0.25) is 0 Å². The average molecular weight is 371 g/mol. The molecule has 0 aliphatic carbocycles. The topological polar surface area (TPSA) is 91.8 Å². The van der Waals surface area contributed by atoms with Crippen molar-refractivity contribution in [3.63, 3.8) is 0 Å². The van der Waals surface area contributed by atoms with E-state index in [1.807, 2.05) is 37.3 Å². The molecule has 1 saturated heterocycles. The van der Waals surface area contributed by atoms with Crippen molar-refractivity contribution in [3.8, 4) is 5.75 Å². The predicted octanol–water partition coefficient (Wildman–Crippen LogP) is 2.72. The van der Waals surface area contributed by atoms with E-state index in [0.29, 0.717) is 38.4 Å². The smallest absolute Gasteiger partial charge is 0.227 e. The molecule has 0 bridgehead atoms. The number of hydrogen-bond donors (Lipinski definition) is 1. The molecule has 0 saturated carbocycles. The minimum absolute atomic E-state index is 0.0185. The van der Waals surface area contributed by atoms with Gasteiger partial charge in [-0.05, 0) is 12.0 Å². The molecule has 2 heterocycles. The van der Waals surface area contributed by atoms with Gasteiger partial charge in [-0.2, -0.15) is 0 Å². The molecule has 1 aromatic heterocycles. The van der Waals surface area contributed by atoms with Crippen LogP contribution >= 0.6 is 0 Å². The summed E-state index contributed by atoms with van der Waals surface area (Å²) in [6.45, 7) is 3.41. The molecule has 1 atom stereocenters. The van der Waals surface area contributed by atoms with Gasteiger partial charge in [-0.15, -0.1) is 0 Å². The maximum absolute atomic E-state index is 13.0. The van der Waals surface area contributed by atoms with Gasteiger partial charge in [0.15, 0.2) is 0 Å². The van der Waals surface area contributed by atoms with E-state index in [4.69, 9.17) is 19.6 Å². The van der Waals surface area contributed by atoms with Gasteiger partial charge in [0.05, 0.1) is 6.61 Å². The van der Waals surface area contributed by atoms with Gasteiger partial charge in [0, 0.05) is 37.5 Å². The van der Waals surface area contributed by atoms with Crippen LogP contribution in [0.1, 0.15) is 41.6 Å². The van der Waals surface area contributed by atoms with Gasteiger partial charge in [-0.3, -0.25) is 9.59 Å². The van der Waals surface area contributed by atoms with Gasteiger partial charge in [0.2, 0.25) is 22.7 Å². The van der Waals surface area contributed by atoms with Crippen molar-refractivity contribution >= 4 is 5.78 Å². The Hall–Kier alpha value is -2.44. The summed E-state index contributed by atoms with van der Waals surface area (Å²) in [5.41, 5.74) is 6.04. The summed E-state index contributed by atoms with van der Waals surface area (Å²) >= 11 is 0. The summed E-state index contributed by atoms with van der Waals surface area (Å²) in [4.78, 5) is 25.5. The van der Waals surface area contributed by atoms with Gasteiger partial charge >= 0.3 is 0 Å². The van der Waals surface area contributed by atoms with Gasteiger partial charge in [-0.25, -0.2) is 0 Å². The Bertz CT molecular complexity index is 837. The molecule has 1 aliphatic rings. The van der Waals surface area contributed by atoms with Crippen LogP contribution in [0.4, 0.5) is 0 Å². The lowest BCUT2D eigenvalue weighted by molar-refractivity contribution is 0.0844. The van der Waals surface area contributed by atoms with E-state index in [2.05, 4.69) is 0 Å². The highest BCUT2D eigenvalue weighted by Gasteiger charge is 2.37. The van der Waals surface area contributed by atoms with E-state index in [9.17, 15) is 9.59 Å². The third-order valence-corrected chi connectivity index (χ3v) is 4.94. The highest BCUT2D eigenvalue weighted by Crippen LogP contribution is 2.33. The Morgan fingerprint density at radius 2 is 2.07 bits per heavy atom. The van der Waals surface area contributed by atoms with Crippen molar-refractivity contribution < 1.29 is 18.7 Å². The molecule has 2 N–H and O–H groups in total. The number of ketones is 1. The lowest BCUT2D eigenvalue weighted by Crippen LogP contribution is -2.33. The molecule has 1 aromatic carbocycles. The summed E-state index contributed by atoms with van der Waals surface area (Å²) in [7, 11) is 0. The summed E-state index contributed by atoms with van der Waals surface area (Å²) in [6.07, 6.45) is 1.40. The summed E-state index contributed by atoms with van der Waals surface area (Å²) in [6, 6.07) is 10.8. The number of aryl methyl sites for hydroxylation is 1. The van der Waals surface area contributed by atoms with Gasteiger partial charge in [0.1, 0.15) is 12.4 Å². The lowest BCUT2D eigenvalue weighted by Gasteiger charge is -2.24. The molecule has 144 valence electrons. The predicted molar refractivity (Wildman–Crippen MR) is 101 cm³/mol. The van der Waals surface area contributed by atoms with Crippen LogP contribution in [0.5, 0.6) is 5.75 Å². The van der Waals surface area contributed by atoms with E-state index in [0.717, 1.165) is 5.56 Å². The molecular weight excluding hydrogens is 346 g/mol. The standard InChI is InChI=1S/C21H25NO5/c1-2-16-10-17(23)19(26-12-15-6-4-3-5-7-15)20(27-16)18(24)11-21(13-22)8-9-25-14-21/h3-7,10H,2,8-9,11-14,22H2,1H3. The van der Waals surface area contributed by atoms with Gasteiger partial charge in [-0.1, -0.05) is 37.3 Å². The fourth-order valence-corrected chi connectivity index (χ4v) is 3.20. The Labute approximate surface area is 158 Å². The second kappa shape index (κ2) is 8.50. The van der Waals surface area contributed by atoms with Crippen molar-refractivity contribution in [1.29, 1.82) is 0 Å². The Morgan fingerprint density at radius 1 is 1.30 bits per heavy atom.